The molecular formula is C7H13NO2. The molecule has 0 rings (SSSR count). The summed E-state index contributed by atoms with van der Waals surface area (Å²) in [5.41, 5.74) is 0. The topological polar surface area (TPSA) is 37.4 Å². The highest BCUT2D eigenvalue weighted by atomic mass is 16.1. The molecule has 1 unspecified atom stereocenters. The summed E-state index contributed by atoms with van der Waals surface area (Å²) in [5.74, 6) is 0. The van der Waals surface area contributed by atoms with E-state index in [1.54, 1.807) is 11.9 Å². The van der Waals surface area contributed by atoms with Crippen LogP contribution in [0.1, 0.15) is 19.8 Å². The molecule has 1 amide bonds. The van der Waals surface area contributed by atoms with E-state index in [1.165, 1.54) is 0 Å². The monoisotopic (exact) mass is 143 g/mol. The van der Waals surface area contributed by atoms with Gasteiger partial charge in [0, 0.05) is 19.5 Å². The Morgan fingerprint density at radius 2 is 2.10 bits per heavy atom. The molecule has 3 nitrogen and oxygen atoms in total. The normalized spacial score (nSPS) is 12.2. The Labute approximate surface area is 61.0 Å². The first-order valence-corrected chi connectivity index (χ1v) is 3.33. The average Bonchev–Trinajstić information content (AvgIpc) is 1.98. The van der Waals surface area contributed by atoms with Crippen LogP contribution in [0.5, 0.6) is 0 Å². The molecule has 0 aromatic heterocycles. The van der Waals surface area contributed by atoms with Gasteiger partial charge in [0.2, 0.25) is 6.41 Å². The minimum atomic E-state index is 0.169. The van der Waals surface area contributed by atoms with Crippen molar-refractivity contribution in [2.75, 3.05) is 7.05 Å². The molecule has 1 atom stereocenters. The van der Waals surface area contributed by atoms with Crippen molar-refractivity contribution in [2.24, 2.45) is 0 Å². The van der Waals surface area contributed by atoms with Crippen LogP contribution in [-0.4, -0.2) is 30.7 Å². The summed E-state index contributed by atoms with van der Waals surface area (Å²) in [7, 11) is 1.71. The van der Waals surface area contributed by atoms with Crippen LogP contribution in [0.25, 0.3) is 0 Å². The minimum absolute atomic E-state index is 0.169. The number of rotatable bonds is 5. The van der Waals surface area contributed by atoms with Crippen LogP contribution in [0, 0.1) is 0 Å². The van der Waals surface area contributed by atoms with Crippen LogP contribution in [0.15, 0.2) is 0 Å². The van der Waals surface area contributed by atoms with Crippen molar-refractivity contribution in [1.29, 1.82) is 0 Å². The van der Waals surface area contributed by atoms with Crippen molar-refractivity contribution in [3.63, 3.8) is 0 Å². The van der Waals surface area contributed by atoms with Gasteiger partial charge < -0.3 is 9.69 Å². The molecule has 3 heteroatoms. The van der Waals surface area contributed by atoms with Gasteiger partial charge in [-0.1, -0.05) is 0 Å². The average molecular weight is 143 g/mol. The predicted octanol–water partition coefficient (Wildman–Crippen LogP) is 0.442. The Morgan fingerprint density at radius 3 is 2.50 bits per heavy atom. The number of aldehydes is 1. The third-order valence-electron chi connectivity index (χ3n) is 1.56. The molecule has 0 aromatic rings. The van der Waals surface area contributed by atoms with E-state index in [-0.39, 0.29) is 6.04 Å². The second kappa shape index (κ2) is 4.97. The highest BCUT2D eigenvalue weighted by molar-refractivity contribution is 5.50. The van der Waals surface area contributed by atoms with Crippen molar-refractivity contribution in [2.45, 2.75) is 25.8 Å². The molecule has 0 bridgehead atoms. The molecule has 0 aromatic carbocycles. The van der Waals surface area contributed by atoms with Crippen LogP contribution in [-0.2, 0) is 9.59 Å². The Bertz CT molecular complexity index is 114. The highest BCUT2D eigenvalue weighted by Gasteiger charge is 2.04. The van der Waals surface area contributed by atoms with E-state index in [2.05, 4.69) is 0 Å². The number of amides is 1. The van der Waals surface area contributed by atoms with E-state index < -0.39 is 0 Å². The van der Waals surface area contributed by atoms with Crippen LogP contribution in [0.2, 0.25) is 0 Å². The molecule has 0 saturated carbocycles. The standard InChI is InChI=1S/C7H13NO2/c1-7(4-3-5-9)8(2)6-10/h5-7H,3-4H2,1-2H3. The number of carbonyl (C=O) groups excluding carboxylic acids is 2. The van der Waals surface area contributed by atoms with Gasteiger partial charge in [-0.15, -0.1) is 0 Å². The molecule has 0 radical (unpaired) electrons. The Kier molecular flexibility index (Phi) is 4.54. The van der Waals surface area contributed by atoms with Gasteiger partial charge in [0.05, 0.1) is 0 Å². The second-order valence-electron chi connectivity index (χ2n) is 2.36. The SMILES string of the molecule is CC(CCC=O)N(C)C=O. The second-order valence-corrected chi connectivity index (χ2v) is 2.36. The summed E-state index contributed by atoms with van der Waals surface area (Å²) in [6.45, 7) is 1.91. The zero-order valence-electron chi connectivity index (χ0n) is 6.41. The van der Waals surface area contributed by atoms with Crippen molar-refractivity contribution in [1.82, 2.24) is 4.90 Å². The Balaban J connectivity index is 3.49. The summed E-state index contributed by atoms with van der Waals surface area (Å²) in [6, 6.07) is 0.169. The lowest BCUT2D eigenvalue weighted by atomic mass is 10.2. The molecule has 0 saturated heterocycles. The zero-order valence-corrected chi connectivity index (χ0v) is 6.41. The van der Waals surface area contributed by atoms with Gasteiger partial charge in [-0.25, -0.2) is 0 Å². The van der Waals surface area contributed by atoms with Crippen LogP contribution >= 0.6 is 0 Å². The van der Waals surface area contributed by atoms with Crippen molar-refractivity contribution in [3.8, 4) is 0 Å². The molecule has 0 heterocycles. The van der Waals surface area contributed by atoms with Gasteiger partial charge in [0.25, 0.3) is 0 Å². The molecule has 0 aliphatic heterocycles. The lowest BCUT2D eigenvalue weighted by molar-refractivity contribution is -0.119. The van der Waals surface area contributed by atoms with Gasteiger partial charge in [0.1, 0.15) is 6.29 Å². The first-order valence-electron chi connectivity index (χ1n) is 3.33. The maximum atomic E-state index is 10.1. The molecule has 0 aliphatic carbocycles. The lowest BCUT2D eigenvalue weighted by Gasteiger charge is -2.18. The van der Waals surface area contributed by atoms with E-state index in [1.807, 2.05) is 6.92 Å². The van der Waals surface area contributed by atoms with Crippen LogP contribution < -0.4 is 0 Å². The first kappa shape index (κ1) is 9.14. The van der Waals surface area contributed by atoms with Gasteiger partial charge in [-0.2, -0.15) is 0 Å². The molecular weight excluding hydrogens is 130 g/mol. The van der Waals surface area contributed by atoms with Crippen molar-refractivity contribution in [3.05, 3.63) is 0 Å². The summed E-state index contributed by atoms with van der Waals surface area (Å²) in [5, 5.41) is 0. The predicted molar refractivity (Wildman–Crippen MR) is 38.6 cm³/mol. The fourth-order valence-electron chi connectivity index (χ4n) is 0.617. The zero-order chi connectivity index (χ0) is 7.98. The maximum Gasteiger partial charge on any atom is 0.209 e. The largest absolute Gasteiger partial charge is 0.346 e. The minimum Gasteiger partial charge on any atom is -0.346 e. The van der Waals surface area contributed by atoms with E-state index in [0.29, 0.717) is 6.42 Å². The van der Waals surface area contributed by atoms with E-state index in [0.717, 1.165) is 19.1 Å². The third-order valence-corrected chi connectivity index (χ3v) is 1.56. The smallest absolute Gasteiger partial charge is 0.209 e. The number of hydrogen-bond acceptors (Lipinski definition) is 2. The quantitative estimate of drug-likeness (QED) is 0.524. The van der Waals surface area contributed by atoms with Gasteiger partial charge in [-0.05, 0) is 13.3 Å². The Hall–Kier alpha value is -0.860. The van der Waals surface area contributed by atoms with Gasteiger partial charge in [-0.3, -0.25) is 4.79 Å². The fraction of sp³-hybridized carbons (Fsp3) is 0.714. The van der Waals surface area contributed by atoms with E-state index >= 15 is 0 Å². The summed E-state index contributed by atoms with van der Waals surface area (Å²) >= 11 is 0. The first-order chi connectivity index (χ1) is 4.72. The van der Waals surface area contributed by atoms with Gasteiger partial charge in [0.15, 0.2) is 0 Å². The van der Waals surface area contributed by atoms with E-state index in [4.69, 9.17) is 0 Å². The lowest BCUT2D eigenvalue weighted by Crippen LogP contribution is -2.27. The van der Waals surface area contributed by atoms with Crippen molar-refractivity contribution >= 4 is 12.7 Å². The molecule has 0 N–H and O–H groups in total. The van der Waals surface area contributed by atoms with Crippen LogP contribution in [0.4, 0.5) is 0 Å². The number of hydrogen-bond donors (Lipinski definition) is 0. The van der Waals surface area contributed by atoms with Crippen molar-refractivity contribution < 1.29 is 9.59 Å². The molecule has 10 heavy (non-hydrogen) atoms. The van der Waals surface area contributed by atoms with Gasteiger partial charge >= 0.3 is 0 Å². The number of carbonyl (C=O) groups is 2. The molecule has 0 spiro atoms. The molecule has 0 aliphatic rings. The Morgan fingerprint density at radius 1 is 1.50 bits per heavy atom. The highest BCUT2D eigenvalue weighted by Crippen LogP contribution is 1.99. The van der Waals surface area contributed by atoms with Crippen LogP contribution in [0.3, 0.4) is 0 Å². The third kappa shape index (κ3) is 3.22. The molecule has 0 fully saturated rings. The number of nitrogens with zero attached hydrogens (tertiary/aromatic N) is 1. The molecule has 58 valence electrons. The summed E-state index contributed by atoms with van der Waals surface area (Å²) in [4.78, 5) is 21.6. The fourth-order valence-corrected chi connectivity index (χ4v) is 0.617. The summed E-state index contributed by atoms with van der Waals surface area (Å²) < 4.78 is 0. The maximum absolute atomic E-state index is 10.1. The van der Waals surface area contributed by atoms with E-state index in [9.17, 15) is 9.59 Å². The summed E-state index contributed by atoms with van der Waals surface area (Å²) in [6.07, 6.45) is 2.92.